The zero-order valence-corrected chi connectivity index (χ0v) is 22.2. The van der Waals surface area contributed by atoms with E-state index in [1.165, 1.54) is 57.8 Å². The molecule has 1 aromatic rings. The SMILES string of the molecule is N=NC1(CCCCCCCSc2cccc3c2CN(C2CCC(=O)NC2=O)C3=O)CCCCCCC1. The molecule has 7 nitrogen and oxygen atoms in total. The van der Waals surface area contributed by atoms with Crippen molar-refractivity contribution in [1.29, 1.82) is 5.53 Å². The quantitative estimate of drug-likeness (QED) is 0.155. The number of nitrogens with zero attached hydrogens (tertiary/aromatic N) is 2. The van der Waals surface area contributed by atoms with Crippen molar-refractivity contribution >= 4 is 29.5 Å². The second-order valence-electron chi connectivity index (χ2n) is 10.7. The number of carbonyl (C=O) groups excluding carboxylic acids is 3. The number of nitrogens with one attached hydrogen (secondary N) is 2. The van der Waals surface area contributed by atoms with Crippen LogP contribution in [0.25, 0.3) is 0 Å². The lowest BCUT2D eigenvalue weighted by molar-refractivity contribution is -0.136. The molecule has 0 radical (unpaired) electrons. The van der Waals surface area contributed by atoms with E-state index in [9.17, 15) is 14.4 Å². The van der Waals surface area contributed by atoms with E-state index in [0.29, 0.717) is 18.5 Å². The fraction of sp³-hybridized carbons (Fsp3) is 0.679. The van der Waals surface area contributed by atoms with Gasteiger partial charge in [-0.2, -0.15) is 5.11 Å². The molecule has 3 amide bonds. The molecule has 2 N–H and O–H groups in total. The summed E-state index contributed by atoms with van der Waals surface area (Å²) in [7, 11) is 0. The molecular formula is C28H40N4O3S. The van der Waals surface area contributed by atoms with Crippen LogP contribution in [0.4, 0.5) is 0 Å². The lowest BCUT2D eigenvalue weighted by Crippen LogP contribution is -2.52. The molecule has 8 heteroatoms. The zero-order valence-electron chi connectivity index (χ0n) is 21.4. The summed E-state index contributed by atoms with van der Waals surface area (Å²) in [6.07, 6.45) is 16.2. The zero-order chi connectivity index (χ0) is 25.4. The predicted octanol–water partition coefficient (Wildman–Crippen LogP) is 6.39. The second-order valence-corrected chi connectivity index (χ2v) is 11.8. The van der Waals surface area contributed by atoms with Crippen LogP contribution in [-0.4, -0.2) is 40.0 Å². The average molecular weight is 513 g/mol. The van der Waals surface area contributed by atoms with E-state index in [1.807, 2.05) is 12.1 Å². The summed E-state index contributed by atoms with van der Waals surface area (Å²) in [5.41, 5.74) is 9.41. The molecule has 2 aliphatic heterocycles. The van der Waals surface area contributed by atoms with Gasteiger partial charge in [0.25, 0.3) is 5.91 Å². The molecule has 2 heterocycles. The van der Waals surface area contributed by atoms with Gasteiger partial charge in [0.1, 0.15) is 6.04 Å². The van der Waals surface area contributed by atoms with Crippen LogP contribution in [0.5, 0.6) is 0 Å². The summed E-state index contributed by atoms with van der Waals surface area (Å²) in [4.78, 5) is 39.5. The summed E-state index contributed by atoms with van der Waals surface area (Å²) in [5.74, 6) is 0.277. The van der Waals surface area contributed by atoms with Gasteiger partial charge < -0.3 is 4.90 Å². The lowest BCUT2D eigenvalue weighted by atomic mass is 9.81. The average Bonchev–Trinajstić information content (AvgIpc) is 3.19. The fourth-order valence-corrected chi connectivity index (χ4v) is 7.03. The molecule has 2 fully saturated rings. The highest BCUT2D eigenvalue weighted by Crippen LogP contribution is 2.36. The smallest absolute Gasteiger partial charge is 0.255 e. The summed E-state index contributed by atoms with van der Waals surface area (Å²) in [5, 5.41) is 6.49. The highest BCUT2D eigenvalue weighted by atomic mass is 32.2. The lowest BCUT2D eigenvalue weighted by Gasteiger charge is -2.30. The Balaban J connectivity index is 1.18. The number of piperidine rings is 1. The normalized spacial score (nSPS) is 22.1. The van der Waals surface area contributed by atoms with Crippen LogP contribution in [0, 0.1) is 5.53 Å². The van der Waals surface area contributed by atoms with Crippen molar-refractivity contribution in [3.63, 3.8) is 0 Å². The number of rotatable bonds is 11. The van der Waals surface area contributed by atoms with Crippen LogP contribution in [0.3, 0.4) is 0 Å². The van der Waals surface area contributed by atoms with Gasteiger partial charge in [-0.1, -0.05) is 63.9 Å². The predicted molar refractivity (Wildman–Crippen MR) is 141 cm³/mol. The summed E-state index contributed by atoms with van der Waals surface area (Å²) in [6, 6.07) is 5.28. The number of carbonyl (C=O) groups is 3. The Bertz CT molecular complexity index is 958. The number of amides is 3. The van der Waals surface area contributed by atoms with Crippen molar-refractivity contribution in [2.45, 2.75) is 119 Å². The van der Waals surface area contributed by atoms with Crippen LogP contribution < -0.4 is 5.32 Å². The third-order valence-corrected chi connectivity index (χ3v) is 9.29. The highest BCUT2D eigenvalue weighted by Gasteiger charge is 2.39. The van der Waals surface area contributed by atoms with Gasteiger partial charge in [0.15, 0.2) is 0 Å². The minimum Gasteiger partial charge on any atom is -0.322 e. The van der Waals surface area contributed by atoms with Crippen molar-refractivity contribution in [1.82, 2.24) is 10.2 Å². The molecule has 1 aromatic carbocycles. The van der Waals surface area contributed by atoms with Gasteiger partial charge in [0.05, 0.1) is 5.54 Å². The van der Waals surface area contributed by atoms with Gasteiger partial charge >= 0.3 is 0 Å². The van der Waals surface area contributed by atoms with Crippen molar-refractivity contribution in [2.24, 2.45) is 5.11 Å². The molecule has 4 rings (SSSR count). The Hall–Kier alpha value is -2.22. The number of imide groups is 1. The summed E-state index contributed by atoms with van der Waals surface area (Å²) in [6.45, 7) is 0.437. The van der Waals surface area contributed by atoms with Crippen molar-refractivity contribution in [3.05, 3.63) is 29.3 Å². The Morgan fingerprint density at radius 3 is 2.47 bits per heavy atom. The number of fused-ring (bicyclic) bond motifs is 1. The number of thioether (sulfide) groups is 1. The molecule has 196 valence electrons. The van der Waals surface area contributed by atoms with Crippen LogP contribution in [0.1, 0.15) is 112 Å². The molecule has 3 aliphatic rings. The third-order valence-electron chi connectivity index (χ3n) is 8.10. The van der Waals surface area contributed by atoms with Gasteiger partial charge in [-0.15, -0.1) is 11.8 Å². The minimum absolute atomic E-state index is 0.0803. The molecule has 0 aromatic heterocycles. The Morgan fingerprint density at radius 1 is 1.00 bits per heavy atom. The van der Waals surface area contributed by atoms with Crippen molar-refractivity contribution in [2.75, 3.05) is 5.75 Å². The molecule has 1 saturated heterocycles. The first-order valence-electron chi connectivity index (χ1n) is 13.8. The molecule has 1 saturated carbocycles. The van der Waals surface area contributed by atoms with Crippen LogP contribution in [0.15, 0.2) is 28.2 Å². The van der Waals surface area contributed by atoms with E-state index in [-0.39, 0.29) is 29.7 Å². The number of hydrogen-bond acceptors (Lipinski definition) is 6. The monoisotopic (exact) mass is 512 g/mol. The minimum atomic E-state index is -0.565. The van der Waals surface area contributed by atoms with Gasteiger partial charge in [0, 0.05) is 23.4 Å². The maximum absolute atomic E-state index is 13.0. The number of benzene rings is 1. The summed E-state index contributed by atoms with van der Waals surface area (Å²) >= 11 is 1.80. The molecule has 1 unspecified atom stereocenters. The first-order chi connectivity index (χ1) is 17.5. The fourth-order valence-electron chi connectivity index (χ4n) is 5.94. The topological polar surface area (TPSA) is 103 Å². The first-order valence-corrected chi connectivity index (χ1v) is 14.8. The van der Waals surface area contributed by atoms with E-state index in [2.05, 4.69) is 16.5 Å². The standard InChI is InChI=1S/C28H40N4O3S/c29-31-28(16-7-3-1-4-8-17-28)18-9-5-2-6-10-19-36-24-13-11-12-21-22(24)20-32(27(21)35)23-14-15-25(33)30-26(23)34/h11-13,23,29H,1-10,14-20H2,(H,30,33,34). The number of hydrogen-bond donors (Lipinski definition) is 2. The molecular weight excluding hydrogens is 472 g/mol. The molecule has 1 aliphatic carbocycles. The number of unbranched alkanes of at least 4 members (excludes halogenated alkanes) is 4. The van der Waals surface area contributed by atoms with Crippen LogP contribution >= 0.6 is 11.8 Å². The molecule has 0 bridgehead atoms. The van der Waals surface area contributed by atoms with Crippen molar-refractivity contribution in [3.8, 4) is 0 Å². The molecule has 1 atom stereocenters. The third kappa shape index (κ3) is 6.55. The van der Waals surface area contributed by atoms with E-state index in [1.54, 1.807) is 16.7 Å². The van der Waals surface area contributed by atoms with Crippen LogP contribution in [0.2, 0.25) is 0 Å². The maximum atomic E-state index is 13.0. The second kappa shape index (κ2) is 12.8. The maximum Gasteiger partial charge on any atom is 0.255 e. The van der Waals surface area contributed by atoms with E-state index >= 15 is 0 Å². The Labute approximate surface area is 219 Å². The summed E-state index contributed by atoms with van der Waals surface area (Å²) < 4.78 is 0. The first kappa shape index (κ1) is 26.8. The molecule has 36 heavy (non-hydrogen) atoms. The van der Waals surface area contributed by atoms with Gasteiger partial charge in [-0.05, 0) is 55.6 Å². The van der Waals surface area contributed by atoms with E-state index in [0.717, 1.165) is 41.9 Å². The van der Waals surface area contributed by atoms with Gasteiger partial charge in [-0.25, -0.2) is 5.53 Å². The molecule has 0 spiro atoms. The Kier molecular flexibility index (Phi) is 9.57. The van der Waals surface area contributed by atoms with Crippen LogP contribution in [-0.2, 0) is 16.1 Å². The van der Waals surface area contributed by atoms with Gasteiger partial charge in [-0.3, -0.25) is 19.7 Å². The van der Waals surface area contributed by atoms with Gasteiger partial charge in [0.2, 0.25) is 11.8 Å². The van der Waals surface area contributed by atoms with E-state index in [4.69, 9.17) is 5.53 Å². The van der Waals surface area contributed by atoms with Crippen molar-refractivity contribution < 1.29 is 14.4 Å². The largest absolute Gasteiger partial charge is 0.322 e. The van der Waals surface area contributed by atoms with E-state index < -0.39 is 6.04 Å². The Morgan fingerprint density at radius 2 is 1.72 bits per heavy atom. The highest BCUT2D eigenvalue weighted by molar-refractivity contribution is 7.99.